The third-order valence-electron chi connectivity index (χ3n) is 3.03. The predicted molar refractivity (Wildman–Crippen MR) is 81.8 cm³/mol. The standard InChI is InChI=1S/C17H12N2S/c1-12-5-4-6-14(9-12)20-17-10-13(11-18)15-7-2-3-8-16(15)19-17/h2-10H,1H3. The summed E-state index contributed by atoms with van der Waals surface area (Å²) in [5.41, 5.74) is 2.75. The van der Waals surface area contributed by atoms with Gasteiger partial charge in [0.15, 0.2) is 0 Å². The molecule has 0 bridgehead atoms. The first-order chi connectivity index (χ1) is 9.76. The average Bonchev–Trinajstić information content (AvgIpc) is 2.46. The number of hydrogen-bond acceptors (Lipinski definition) is 3. The second kappa shape index (κ2) is 5.36. The van der Waals surface area contributed by atoms with Gasteiger partial charge >= 0.3 is 0 Å². The summed E-state index contributed by atoms with van der Waals surface area (Å²) in [6, 6.07) is 20.1. The number of aryl methyl sites for hydroxylation is 1. The minimum Gasteiger partial charge on any atom is -0.241 e. The molecule has 0 N–H and O–H groups in total. The smallest absolute Gasteiger partial charge is 0.103 e. The second-order valence-electron chi connectivity index (χ2n) is 4.56. The van der Waals surface area contributed by atoms with Gasteiger partial charge in [-0.1, -0.05) is 47.7 Å². The maximum absolute atomic E-state index is 9.28. The lowest BCUT2D eigenvalue weighted by molar-refractivity contribution is 1.18. The predicted octanol–water partition coefficient (Wildman–Crippen LogP) is 4.57. The summed E-state index contributed by atoms with van der Waals surface area (Å²) in [6.45, 7) is 2.07. The molecule has 1 aromatic heterocycles. The van der Waals surface area contributed by atoms with Crippen LogP contribution in [0.2, 0.25) is 0 Å². The van der Waals surface area contributed by atoms with Crippen molar-refractivity contribution < 1.29 is 0 Å². The number of hydrogen-bond donors (Lipinski definition) is 0. The highest BCUT2D eigenvalue weighted by Crippen LogP contribution is 2.29. The molecule has 0 aliphatic rings. The van der Waals surface area contributed by atoms with Crippen LogP contribution in [-0.2, 0) is 0 Å². The van der Waals surface area contributed by atoms with Crippen molar-refractivity contribution in [2.24, 2.45) is 0 Å². The molecule has 0 radical (unpaired) electrons. The Balaban J connectivity index is 2.06. The van der Waals surface area contributed by atoms with Gasteiger partial charge in [-0.05, 0) is 31.2 Å². The first-order valence-corrected chi connectivity index (χ1v) is 7.12. The zero-order valence-electron chi connectivity index (χ0n) is 11.0. The van der Waals surface area contributed by atoms with Crippen molar-refractivity contribution >= 4 is 22.7 Å². The van der Waals surface area contributed by atoms with Gasteiger partial charge in [0.1, 0.15) is 5.03 Å². The topological polar surface area (TPSA) is 36.7 Å². The fraction of sp³-hybridized carbons (Fsp3) is 0.0588. The van der Waals surface area contributed by atoms with Gasteiger partial charge in [-0.25, -0.2) is 4.98 Å². The molecule has 0 fully saturated rings. The lowest BCUT2D eigenvalue weighted by atomic mass is 10.1. The number of rotatable bonds is 2. The van der Waals surface area contributed by atoms with Crippen molar-refractivity contribution in [1.82, 2.24) is 4.98 Å². The van der Waals surface area contributed by atoms with E-state index in [0.29, 0.717) is 5.56 Å². The molecule has 0 unspecified atom stereocenters. The Morgan fingerprint density at radius 1 is 1.05 bits per heavy atom. The zero-order valence-corrected chi connectivity index (χ0v) is 11.8. The number of nitriles is 1. The van der Waals surface area contributed by atoms with Gasteiger partial charge in [0.05, 0.1) is 17.1 Å². The Kier molecular flexibility index (Phi) is 3.41. The van der Waals surface area contributed by atoms with Crippen molar-refractivity contribution in [3.63, 3.8) is 0 Å². The normalized spacial score (nSPS) is 10.4. The lowest BCUT2D eigenvalue weighted by Gasteiger charge is -2.05. The molecule has 0 atom stereocenters. The molecule has 2 aromatic carbocycles. The van der Waals surface area contributed by atoms with Crippen LogP contribution in [0.3, 0.4) is 0 Å². The fourth-order valence-corrected chi connectivity index (χ4v) is 3.05. The van der Waals surface area contributed by atoms with Crippen molar-refractivity contribution in [3.05, 3.63) is 65.7 Å². The van der Waals surface area contributed by atoms with Crippen LogP contribution in [0, 0.1) is 18.3 Å². The van der Waals surface area contributed by atoms with Gasteiger partial charge in [-0.15, -0.1) is 0 Å². The van der Waals surface area contributed by atoms with E-state index in [1.165, 1.54) is 5.56 Å². The quantitative estimate of drug-likeness (QED) is 0.688. The summed E-state index contributed by atoms with van der Waals surface area (Å²) in [7, 11) is 0. The van der Waals surface area contributed by atoms with E-state index < -0.39 is 0 Å². The van der Waals surface area contributed by atoms with Crippen LogP contribution in [0.5, 0.6) is 0 Å². The molecule has 96 valence electrons. The zero-order chi connectivity index (χ0) is 13.9. The van der Waals surface area contributed by atoms with E-state index in [4.69, 9.17) is 0 Å². The van der Waals surface area contributed by atoms with Gasteiger partial charge in [-0.2, -0.15) is 5.26 Å². The summed E-state index contributed by atoms with van der Waals surface area (Å²) in [5.74, 6) is 0. The third-order valence-corrected chi connectivity index (χ3v) is 3.93. The van der Waals surface area contributed by atoms with E-state index in [0.717, 1.165) is 20.8 Å². The molecule has 0 saturated heterocycles. The highest BCUT2D eigenvalue weighted by Gasteiger charge is 2.06. The van der Waals surface area contributed by atoms with Crippen molar-refractivity contribution in [2.75, 3.05) is 0 Å². The molecular weight excluding hydrogens is 264 g/mol. The molecule has 1 heterocycles. The van der Waals surface area contributed by atoms with Crippen molar-refractivity contribution in [3.8, 4) is 6.07 Å². The van der Waals surface area contributed by atoms with Crippen LogP contribution in [0.15, 0.2) is 64.5 Å². The minimum atomic E-state index is 0.672. The fourth-order valence-electron chi connectivity index (χ4n) is 2.10. The SMILES string of the molecule is Cc1cccc(Sc2cc(C#N)c3ccccc3n2)c1. The van der Waals surface area contributed by atoms with Gasteiger partial charge in [-0.3, -0.25) is 0 Å². The summed E-state index contributed by atoms with van der Waals surface area (Å²) in [6.07, 6.45) is 0. The Morgan fingerprint density at radius 3 is 2.70 bits per heavy atom. The Morgan fingerprint density at radius 2 is 1.90 bits per heavy atom. The van der Waals surface area contributed by atoms with Gasteiger partial charge in [0.25, 0.3) is 0 Å². The molecule has 3 heteroatoms. The lowest BCUT2D eigenvalue weighted by Crippen LogP contribution is -1.87. The van der Waals surface area contributed by atoms with E-state index >= 15 is 0 Å². The summed E-state index contributed by atoms with van der Waals surface area (Å²) in [4.78, 5) is 5.76. The molecule has 0 amide bonds. The highest BCUT2D eigenvalue weighted by atomic mass is 32.2. The molecule has 0 spiro atoms. The molecule has 20 heavy (non-hydrogen) atoms. The molecule has 2 nitrogen and oxygen atoms in total. The Bertz CT molecular complexity index is 819. The largest absolute Gasteiger partial charge is 0.241 e. The van der Waals surface area contributed by atoms with E-state index in [1.807, 2.05) is 36.4 Å². The first kappa shape index (κ1) is 12.7. The van der Waals surface area contributed by atoms with Crippen molar-refractivity contribution in [2.45, 2.75) is 16.8 Å². The van der Waals surface area contributed by atoms with E-state index in [-0.39, 0.29) is 0 Å². The molecule has 0 saturated carbocycles. The number of para-hydroxylation sites is 1. The van der Waals surface area contributed by atoms with Crippen LogP contribution in [0.4, 0.5) is 0 Å². The second-order valence-corrected chi connectivity index (χ2v) is 5.65. The van der Waals surface area contributed by atoms with Crippen LogP contribution < -0.4 is 0 Å². The van der Waals surface area contributed by atoms with Crippen LogP contribution in [-0.4, -0.2) is 4.98 Å². The monoisotopic (exact) mass is 276 g/mol. The molecule has 3 aromatic rings. The molecule has 3 rings (SSSR count). The van der Waals surface area contributed by atoms with E-state index in [1.54, 1.807) is 11.8 Å². The van der Waals surface area contributed by atoms with Gasteiger partial charge in [0, 0.05) is 10.3 Å². The maximum atomic E-state index is 9.28. The summed E-state index contributed by atoms with van der Waals surface area (Å²) >= 11 is 1.58. The van der Waals surface area contributed by atoms with E-state index in [2.05, 4.69) is 36.2 Å². The Labute approximate surface area is 122 Å². The summed E-state index contributed by atoms with van der Waals surface area (Å²) in [5, 5.41) is 11.0. The number of nitrogens with zero attached hydrogens (tertiary/aromatic N) is 2. The first-order valence-electron chi connectivity index (χ1n) is 6.31. The third kappa shape index (κ3) is 2.52. The van der Waals surface area contributed by atoms with Crippen LogP contribution in [0.25, 0.3) is 10.9 Å². The Hall–Kier alpha value is -2.31. The number of aromatic nitrogens is 1. The number of benzene rings is 2. The van der Waals surface area contributed by atoms with Crippen LogP contribution >= 0.6 is 11.8 Å². The molecular formula is C17H12N2S. The maximum Gasteiger partial charge on any atom is 0.103 e. The summed E-state index contributed by atoms with van der Waals surface area (Å²) < 4.78 is 0. The average molecular weight is 276 g/mol. The molecule has 0 aliphatic carbocycles. The van der Waals surface area contributed by atoms with Gasteiger partial charge < -0.3 is 0 Å². The number of fused-ring (bicyclic) bond motifs is 1. The van der Waals surface area contributed by atoms with Crippen molar-refractivity contribution in [1.29, 1.82) is 5.26 Å². The highest BCUT2D eigenvalue weighted by molar-refractivity contribution is 7.99. The molecule has 0 aliphatic heterocycles. The minimum absolute atomic E-state index is 0.672. The van der Waals surface area contributed by atoms with Gasteiger partial charge in [0.2, 0.25) is 0 Å². The van der Waals surface area contributed by atoms with E-state index in [9.17, 15) is 5.26 Å². The number of pyridine rings is 1. The van der Waals surface area contributed by atoms with Crippen LogP contribution in [0.1, 0.15) is 11.1 Å².